The molecule has 2 aromatic heterocycles. The molecule has 1 unspecified atom stereocenters. The van der Waals surface area contributed by atoms with Gasteiger partial charge in [-0.25, -0.2) is 0 Å². The van der Waals surface area contributed by atoms with Crippen LogP contribution in [0.2, 0.25) is 0 Å². The molecule has 0 bridgehead atoms. The fraction of sp³-hybridized carbons (Fsp3) is 0.476. The van der Waals surface area contributed by atoms with Crippen molar-refractivity contribution in [2.45, 2.75) is 32.9 Å². The molecule has 1 N–H and O–H groups in total. The van der Waals surface area contributed by atoms with Crippen molar-refractivity contribution in [3.63, 3.8) is 0 Å². The van der Waals surface area contributed by atoms with Crippen LogP contribution in [0.5, 0.6) is 5.75 Å². The van der Waals surface area contributed by atoms with Crippen molar-refractivity contribution in [3.05, 3.63) is 57.8 Å². The molecule has 0 aliphatic carbocycles. The largest absolute Gasteiger partial charge is 0.497 e. The quantitative estimate of drug-likeness (QED) is 0.722. The zero-order valence-electron chi connectivity index (χ0n) is 17.6. The molecule has 3 heterocycles. The number of piperidine rings is 1. The van der Waals surface area contributed by atoms with Gasteiger partial charge in [0, 0.05) is 32.1 Å². The summed E-state index contributed by atoms with van der Waals surface area (Å²) >= 11 is 0. The number of nitrogens with zero attached hydrogens (tertiary/aromatic N) is 3. The number of carbonyl (C=O) groups excluding carboxylic acids is 1. The molecule has 1 amide bonds. The highest BCUT2D eigenvalue weighted by Gasteiger charge is 2.22. The number of pyridine rings is 2. The van der Waals surface area contributed by atoms with Gasteiger partial charge in [-0.2, -0.15) is 0 Å². The number of hydrogen-bond acceptors (Lipinski definition) is 5. The standard InChI is InChI=1S/C21H28N4O3.2ClH/c1-15-7-10-25(13-16-5-4-8-22-12-16)21(27)19(15)20(26)24(2)14-17-11-18(28-3)6-9-23-17;;/h6-7,9-11,16,22H,4-5,8,12-14H2,1-3H3;2*1H. The monoisotopic (exact) mass is 456 g/mol. The van der Waals surface area contributed by atoms with Gasteiger partial charge in [0.15, 0.2) is 0 Å². The third kappa shape index (κ3) is 6.20. The Labute approximate surface area is 189 Å². The Morgan fingerprint density at radius 1 is 1.37 bits per heavy atom. The van der Waals surface area contributed by atoms with Crippen molar-refractivity contribution in [1.82, 2.24) is 19.8 Å². The molecule has 2 aromatic rings. The number of aryl methyl sites for hydroxylation is 1. The highest BCUT2D eigenvalue weighted by Crippen LogP contribution is 2.15. The zero-order chi connectivity index (χ0) is 20.1. The van der Waals surface area contributed by atoms with Crippen LogP contribution in [0.15, 0.2) is 35.4 Å². The summed E-state index contributed by atoms with van der Waals surface area (Å²) in [7, 11) is 3.27. The number of methoxy groups -OCH3 is 1. The molecule has 0 radical (unpaired) electrons. The number of halogens is 2. The van der Waals surface area contributed by atoms with E-state index < -0.39 is 0 Å². The summed E-state index contributed by atoms with van der Waals surface area (Å²) in [5.41, 5.74) is 1.41. The molecule has 1 atom stereocenters. The van der Waals surface area contributed by atoms with Crippen LogP contribution in [0, 0.1) is 12.8 Å². The molecule has 166 valence electrons. The molecule has 9 heteroatoms. The minimum Gasteiger partial charge on any atom is -0.497 e. The first-order valence-electron chi connectivity index (χ1n) is 9.64. The summed E-state index contributed by atoms with van der Waals surface area (Å²) in [4.78, 5) is 31.9. The van der Waals surface area contributed by atoms with Crippen molar-refractivity contribution in [2.24, 2.45) is 5.92 Å². The van der Waals surface area contributed by atoms with Crippen molar-refractivity contribution >= 4 is 30.7 Å². The zero-order valence-corrected chi connectivity index (χ0v) is 19.2. The van der Waals surface area contributed by atoms with Crippen LogP contribution in [0.3, 0.4) is 0 Å². The van der Waals surface area contributed by atoms with Gasteiger partial charge in [0.2, 0.25) is 0 Å². The predicted molar refractivity (Wildman–Crippen MR) is 122 cm³/mol. The van der Waals surface area contributed by atoms with Crippen LogP contribution in [0.4, 0.5) is 0 Å². The second kappa shape index (κ2) is 11.9. The summed E-state index contributed by atoms with van der Waals surface area (Å²) in [6, 6.07) is 5.39. The fourth-order valence-corrected chi connectivity index (χ4v) is 3.60. The molecule has 3 rings (SSSR count). The topological polar surface area (TPSA) is 76.5 Å². The molecule has 0 spiro atoms. The lowest BCUT2D eigenvalue weighted by Gasteiger charge is -2.24. The molecule has 30 heavy (non-hydrogen) atoms. The SMILES string of the molecule is COc1ccnc(CN(C)C(=O)c2c(C)ccn(CC3CCCNC3)c2=O)c1.Cl.Cl. The second-order valence-electron chi connectivity index (χ2n) is 7.39. The van der Waals surface area contributed by atoms with Gasteiger partial charge in [0.25, 0.3) is 11.5 Å². The first-order valence-corrected chi connectivity index (χ1v) is 9.64. The molecule has 1 aliphatic heterocycles. The lowest BCUT2D eigenvalue weighted by atomic mass is 9.99. The predicted octanol–water partition coefficient (Wildman–Crippen LogP) is 2.68. The second-order valence-corrected chi connectivity index (χ2v) is 7.39. The van der Waals surface area contributed by atoms with Gasteiger partial charge < -0.3 is 19.5 Å². The van der Waals surface area contributed by atoms with Crippen molar-refractivity contribution < 1.29 is 9.53 Å². The molecular weight excluding hydrogens is 427 g/mol. The van der Waals surface area contributed by atoms with Gasteiger partial charge in [-0.05, 0) is 56.5 Å². The molecule has 1 fully saturated rings. The number of ether oxygens (including phenoxy) is 1. The average Bonchev–Trinajstić information content (AvgIpc) is 2.71. The normalized spacial score (nSPS) is 15.5. The van der Waals surface area contributed by atoms with E-state index >= 15 is 0 Å². The van der Waals surface area contributed by atoms with Crippen molar-refractivity contribution in [2.75, 3.05) is 27.2 Å². The van der Waals surface area contributed by atoms with E-state index in [0.29, 0.717) is 36.0 Å². The molecule has 0 aromatic carbocycles. The highest BCUT2D eigenvalue weighted by atomic mass is 35.5. The van der Waals surface area contributed by atoms with E-state index in [1.807, 2.05) is 6.07 Å². The van der Waals surface area contributed by atoms with Gasteiger partial charge in [0.1, 0.15) is 11.3 Å². The van der Waals surface area contributed by atoms with Gasteiger partial charge in [-0.1, -0.05) is 0 Å². The maximum atomic E-state index is 13.0. The number of aromatic nitrogens is 2. The molecule has 1 aliphatic rings. The van der Waals surface area contributed by atoms with Crippen LogP contribution < -0.4 is 15.6 Å². The van der Waals surface area contributed by atoms with E-state index in [1.54, 1.807) is 50.2 Å². The third-order valence-corrected chi connectivity index (χ3v) is 5.21. The summed E-state index contributed by atoms with van der Waals surface area (Å²) in [6.07, 6.45) is 5.66. The van der Waals surface area contributed by atoms with E-state index in [-0.39, 0.29) is 41.8 Å². The summed E-state index contributed by atoms with van der Waals surface area (Å²) < 4.78 is 6.88. The van der Waals surface area contributed by atoms with E-state index in [2.05, 4.69) is 10.3 Å². The van der Waals surface area contributed by atoms with Crippen LogP contribution in [0.25, 0.3) is 0 Å². The first-order chi connectivity index (χ1) is 13.5. The average molecular weight is 457 g/mol. The summed E-state index contributed by atoms with van der Waals surface area (Å²) in [6.45, 7) is 4.68. The highest BCUT2D eigenvalue weighted by molar-refractivity contribution is 5.95. The lowest BCUT2D eigenvalue weighted by molar-refractivity contribution is 0.0780. The van der Waals surface area contributed by atoms with Crippen molar-refractivity contribution in [3.8, 4) is 5.75 Å². The molecular formula is C21H30Cl2N4O3. The Hall–Kier alpha value is -2.09. The van der Waals surface area contributed by atoms with Crippen LogP contribution >= 0.6 is 24.8 Å². The van der Waals surface area contributed by atoms with Crippen LogP contribution in [-0.2, 0) is 13.1 Å². The van der Waals surface area contributed by atoms with Crippen LogP contribution in [0.1, 0.15) is 34.5 Å². The molecule has 7 nitrogen and oxygen atoms in total. The summed E-state index contributed by atoms with van der Waals surface area (Å²) in [5, 5.41) is 3.37. The van der Waals surface area contributed by atoms with Crippen molar-refractivity contribution in [1.29, 1.82) is 0 Å². The Morgan fingerprint density at radius 2 is 2.13 bits per heavy atom. The van der Waals surface area contributed by atoms with Gasteiger partial charge in [-0.3, -0.25) is 14.6 Å². The minimum absolute atomic E-state index is 0. The number of nitrogens with one attached hydrogen (secondary N) is 1. The minimum atomic E-state index is -0.289. The Morgan fingerprint density at radius 3 is 2.80 bits per heavy atom. The van der Waals surface area contributed by atoms with Gasteiger partial charge in [0.05, 0.1) is 19.3 Å². The first kappa shape index (κ1) is 25.9. The summed E-state index contributed by atoms with van der Waals surface area (Å²) in [5.74, 6) is 0.809. The fourth-order valence-electron chi connectivity index (χ4n) is 3.60. The third-order valence-electron chi connectivity index (χ3n) is 5.21. The maximum Gasteiger partial charge on any atom is 0.263 e. The Kier molecular flexibility index (Phi) is 10.3. The van der Waals surface area contributed by atoms with E-state index in [0.717, 1.165) is 25.9 Å². The van der Waals surface area contributed by atoms with E-state index in [9.17, 15) is 9.59 Å². The maximum absolute atomic E-state index is 13.0. The smallest absolute Gasteiger partial charge is 0.263 e. The lowest BCUT2D eigenvalue weighted by Crippen LogP contribution is -2.38. The number of rotatable bonds is 6. The Balaban J connectivity index is 0.00000225. The van der Waals surface area contributed by atoms with Crippen LogP contribution in [-0.4, -0.2) is 47.6 Å². The van der Waals surface area contributed by atoms with E-state index in [1.165, 1.54) is 4.90 Å². The van der Waals surface area contributed by atoms with E-state index in [4.69, 9.17) is 4.74 Å². The van der Waals surface area contributed by atoms with Gasteiger partial charge >= 0.3 is 0 Å². The number of hydrogen-bond donors (Lipinski definition) is 1. The molecule has 1 saturated heterocycles. The van der Waals surface area contributed by atoms with Gasteiger partial charge in [-0.15, -0.1) is 24.8 Å². The number of carbonyl (C=O) groups is 1. The Bertz CT molecular complexity index is 898. The molecule has 0 saturated carbocycles. The number of amides is 1.